The molecule has 1 aromatic heterocycles. The Kier molecular flexibility index (Phi) is 5.37. The van der Waals surface area contributed by atoms with E-state index in [0.717, 1.165) is 0 Å². The summed E-state index contributed by atoms with van der Waals surface area (Å²) in [6.45, 7) is 3.91. The van der Waals surface area contributed by atoms with E-state index in [1.807, 2.05) is 44.2 Å². The van der Waals surface area contributed by atoms with E-state index in [9.17, 15) is 14.3 Å². The summed E-state index contributed by atoms with van der Waals surface area (Å²) in [6, 6.07) is 14.9. The maximum Gasteiger partial charge on any atom is 0.257 e. The molecule has 1 amide bonds. The Hall–Kier alpha value is -2.99. The zero-order valence-electron chi connectivity index (χ0n) is 15.2. The van der Waals surface area contributed by atoms with Crippen LogP contribution in [0.2, 0.25) is 0 Å². The largest absolute Gasteiger partial charge is 0.396 e. The van der Waals surface area contributed by atoms with Gasteiger partial charge in [0, 0.05) is 29.7 Å². The van der Waals surface area contributed by atoms with Gasteiger partial charge >= 0.3 is 0 Å². The Morgan fingerprint density at radius 2 is 1.78 bits per heavy atom. The summed E-state index contributed by atoms with van der Waals surface area (Å²) in [5, 5.41) is 16.3. The highest BCUT2D eigenvalue weighted by Crippen LogP contribution is 2.32. The van der Waals surface area contributed by atoms with Crippen molar-refractivity contribution in [2.45, 2.75) is 13.8 Å². The zero-order valence-corrected chi connectivity index (χ0v) is 15.2. The lowest BCUT2D eigenvalue weighted by atomic mass is 9.94. The third-order valence-corrected chi connectivity index (χ3v) is 4.23. The van der Waals surface area contributed by atoms with Gasteiger partial charge in [0.25, 0.3) is 5.91 Å². The molecule has 5 nitrogen and oxygen atoms in total. The molecule has 0 unspecified atom stereocenters. The van der Waals surface area contributed by atoms with E-state index in [1.165, 1.54) is 12.1 Å². The predicted molar refractivity (Wildman–Crippen MR) is 101 cm³/mol. The minimum Gasteiger partial charge on any atom is -0.396 e. The number of hydrogen-bond donors (Lipinski definition) is 2. The van der Waals surface area contributed by atoms with Gasteiger partial charge in [0.05, 0.1) is 0 Å². The van der Waals surface area contributed by atoms with Crippen LogP contribution in [0.4, 0.5) is 4.39 Å². The van der Waals surface area contributed by atoms with Crippen LogP contribution in [0.15, 0.2) is 59.1 Å². The van der Waals surface area contributed by atoms with Gasteiger partial charge in [0.15, 0.2) is 5.76 Å². The van der Waals surface area contributed by atoms with E-state index in [0.29, 0.717) is 22.6 Å². The zero-order chi connectivity index (χ0) is 19.4. The van der Waals surface area contributed by atoms with Gasteiger partial charge < -0.3 is 14.9 Å². The molecule has 0 radical (unpaired) electrons. The molecule has 0 fully saturated rings. The second-order valence-electron chi connectivity index (χ2n) is 7.11. The summed E-state index contributed by atoms with van der Waals surface area (Å²) >= 11 is 0. The molecule has 0 aliphatic rings. The first kappa shape index (κ1) is 18.8. The highest BCUT2D eigenvalue weighted by atomic mass is 19.1. The molecule has 0 saturated heterocycles. The normalized spacial score (nSPS) is 11.4. The second kappa shape index (κ2) is 7.72. The van der Waals surface area contributed by atoms with E-state index >= 15 is 0 Å². The third-order valence-electron chi connectivity index (χ3n) is 4.23. The van der Waals surface area contributed by atoms with E-state index in [4.69, 9.17) is 4.52 Å². The Balaban J connectivity index is 2.03. The molecule has 0 bridgehead atoms. The van der Waals surface area contributed by atoms with Crippen molar-refractivity contribution >= 4 is 5.91 Å². The SMILES string of the molecule is CC(C)(CO)CNC(=O)c1c(-c2ccc(F)cc2)noc1-c1ccccc1. The maximum absolute atomic E-state index is 13.3. The van der Waals surface area contributed by atoms with Crippen LogP contribution in [0.1, 0.15) is 24.2 Å². The predicted octanol–water partition coefficient (Wildman–Crippen LogP) is 3.90. The standard InChI is InChI=1S/C21H21FN2O3/c1-21(2,13-25)12-23-20(26)17-18(14-8-10-16(22)11-9-14)24-27-19(17)15-6-4-3-5-7-15/h3-11,25H,12-13H2,1-2H3,(H,23,26). The van der Waals surface area contributed by atoms with Crippen LogP contribution < -0.4 is 5.32 Å². The molecule has 0 atom stereocenters. The van der Waals surface area contributed by atoms with Crippen molar-refractivity contribution in [1.29, 1.82) is 0 Å². The average Bonchev–Trinajstić information content (AvgIpc) is 3.12. The lowest BCUT2D eigenvalue weighted by Gasteiger charge is -2.21. The number of rotatable bonds is 6. The third kappa shape index (κ3) is 4.23. The van der Waals surface area contributed by atoms with E-state index < -0.39 is 5.41 Å². The van der Waals surface area contributed by atoms with Crippen molar-refractivity contribution in [3.05, 3.63) is 66.0 Å². The number of nitrogens with one attached hydrogen (secondary N) is 1. The number of aliphatic hydroxyl groups excluding tert-OH is 1. The van der Waals surface area contributed by atoms with Gasteiger partial charge in [-0.3, -0.25) is 4.79 Å². The molecule has 0 aliphatic carbocycles. The number of carbonyl (C=O) groups excluding carboxylic acids is 1. The Bertz CT molecular complexity index is 918. The van der Waals surface area contributed by atoms with Gasteiger partial charge in [-0.15, -0.1) is 0 Å². The van der Waals surface area contributed by atoms with E-state index in [-0.39, 0.29) is 30.4 Å². The van der Waals surface area contributed by atoms with Crippen molar-refractivity contribution in [2.75, 3.05) is 13.2 Å². The van der Waals surface area contributed by atoms with Gasteiger partial charge in [0.2, 0.25) is 0 Å². The summed E-state index contributed by atoms with van der Waals surface area (Å²) in [6.07, 6.45) is 0. The quantitative estimate of drug-likeness (QED) is 0.692. The Labute approximate surface area is 156 Å². The molecule has 2 N–H and O–H groups in total. The van der Waals surface area contributed by atoms with Gasteiger partial charge in [0.1, 0.15) is 17.1 Å². The summed E-state index contributed by atoms with van der Waals surface area (Å²) in [4.78, 5) is 13.0. The number of hydrogen-bond acceptors (Lipinski definition) is 4. The molecular formula is C21H21FN2O3. The molecule has 1 heterocycles. The number of amides is 1. The summed E-state index contributed by atoms with van der Waals surface area (Å²) in [5.41, 5.74) is 1.45. The number of halogens is 1. The van der Waals surface area contributed by atoms with Crippen molar-refractivity contribution in [1.82, 2.24) is 10.5 Å². The van der Waals surface area contributed by atoms with Gasteiger partial charge in [-0.05, 0) is 24.3 Å². The summed E-state index contributed by atoms with van der Waals surface area (Å²) in [5.74, 6) is -0.397. The van der Waals surface area contributed by atoms with Crippen molar-refractivity contribution in [3.8, 4) is 22.6 Å². The fourth-order valence-electron chi connectivity index (χ4n) is 2.56. The van der Waals surface area contributed by atoms with Crippen LogP contribution in [0.25, 0.3) is 22.6 Å². The van der Waals surface area contributed by atoms with Crippen molar-refractivity contribution in [3.63, 3.8) is 0 Å². The first-order valence-electron chi connectivity index (χ1n) is 8.61. The number of nitrogens with zero attached hydrogens (tertiary/aromatic N) is 1. The highest BCUT2D eigenvalue weighted by molar-refractivity contribution is 6.04. The van der Waals surface area contributed by atoms with Crippen LogP contribution in [0.3, 0.4) is 0 Å². The molecule has 3 rings (SSSR count). The molecule has 6 heteroatoms. The number of aromatic nitrogens is 1. The first-order valence-corrected chi connectivity index (χ1v) is 8.61. The highest BCUT2D eigenvalue weighted by Gasteiger charge is 2.26. The van der Waals surface area contributed by atoms with Crippen LogP contribution in [-0.4, -0.2) is 29.3 Å². The van der Waals surface area contributed by atoms with Crippen LogP contribution >= 0.6 is 0 Å². The molecule has 3 aromatic rings. The fraction of sp³-hybridized carbons (Fsp3) is 0.238. The molecule has 140 valence electrons. The van der Waals surface area contributed by atoms with E-state index in [2.05, 4.69) is 10.5 Å². The summed E-state index contributed by atoms with van der Waals surface area (Å²) < 4.78 is 18.8. The topological polar surface area (TPSA) is 75.4 Å². The molecule has 0 aliphatic heterocycles. The lowest BCUT2D eigenvalue weighted by Crippen LogP contribution is -2.36. The Morgan fingerprint density at radius 3 is 2.41 bits per heavy atom. The lowest BCUT2D eigenvalue weighted by molar-refractivity contribution is 0.0912. The van der Waals surface area contributed by atoms with Crippen LogP contribution in [0, 0.1) is 11.2 Å². The van der Waals surface area contributed by atoms with E-state index in [1.54, 1.807) is 12.1 Å². The number of aliphatic hydroxyl groups is 1. The molecule has 0 saturated carbocycles. The number of benzene rings is 2. The van der Waals surface area contributed by atoms with Crippen molar-refractivity contribution < 1.29 is 18.8 Å². The molecular weight excluding hydrogens is 347 g/mol. The maximum atomic E-state index is 13.3. The first-order chi connectivity index (χ1) is 12.9. The molecule has 2 aromatic carbocycles. The Morgan fingerprint density at radius 1 is 1.11 bits per heavy atom. The van der Waals surface area contributed by atoms with Crippen LogP contribution in [-0.2, 0) is 0 Å². The average molecular weight is 368 g/mol. The van der Waals surface area contributed by atoms with Gasteiger partial charge in [-0.2, -0.15) is 0 Å². The van der Waals surface area contributed by atoms with Gasteiger partial charge in [-0.1, -0.05) is 49.3 Å². The minimum atomic E-state index is -0.463. The smallest absolute Gasteiger partial charge is 0.257 e. The van der Waals surface area contributed by atoms with Crippen molar-refractivity contribution in [2.24, 2.45) is 5.41 Å². The molecule has 27 heavy (non-hydrogen) atoms. The summed E-state index contributed by atoms with van der Waals surface area (Å²) in [7, 11) is 0. The van der Waals surface area contributed by atoms with Gasteiger partial charge in [-0.25, -0.2) is 4.39 Å². The fourth-order valence-corrected chi connectivity index (χ4v) is 2.56. The molecule has 0 spiro atoms. The minimum absolute atomic E-state index is 0.0622. The second-order valence-corrected chi connectivity index (χ2v) is 7.11. The number of carbonyl (C=O) groups is 1. The monoisotopic (exact) mass is 368 g/mol. The van der Waals surface area contributed by atoms with Crippen LogP contribution in [0.5, 0.6) is 0 Å².